The second-order valence-corrected chi connectivity index (χ2v) is 11.3. The third-order valence-electron chi connectivity index (χ3n) is 5.71. The summed E-state index contributed by atoms with van der Waals surface area (Å²) in [5.74, 6) is 7.56. The number of hydrogen-bond acceptors (Lipinski definition) is 1. The maximum atomic E-state index is 5.23. The molecule has 0 heterocycles. The number of unbranched alkanes of at least 4 members (excludes halogenated alkanes) is 1. The van der Waals surface area contributed by atoms with E-state index in [1.165, 1.54) is 15.9 Å². The molecular formula is C30H28OP+. The lowest BCUT2D eigenvalue weighted by atomic mass is 10.2. The maximum Gasteiger partial charge on any atom is 0.118 e. The van der Waals surface area contributed by atoms with Gasteiger partial charge in [-0.25, -0.2) is 0 Å². The van der Waals surface area contributed by atoms with Crippen LogP contribution < -0.4 is 20.7 Å². The molecule has 0 saturated heterocycles. The van der Waals surface area contributed by atoms with E-state index in [0.717, 1.165) is 30.3 Å². The summed E-state index contributed by atoms with van der Waals surface area (Å²) in [5.41, 5.74) is 1.03. The van der Waals surface area contributed by atoms with E-state index < -0.39 is 7.26 Å². The summed E-state index contributed by atoms with van der Waals surface area (Å²) in [6, 6.07) is 41.1. The van der Waals surface area contributed by atoms with Crippen LogP contribution in [0.5, 0.6) is 5.75 Å². The van der Waals surface area contributed by atoms with Crippen molar-refractivity contribution in [1.29, 1.82) is 0 Å². The minimum atomic E-state index is -1.76. The lowest BCUT2D eigenvalue weighted by Crippen LogP contribution is -2.33. The SMILES string of the molecule is COc1ccc(C#CCCC[P+](c2ccccc2)(c2ccccc2)c2ccccc2)cc1. The van der Waals surface area contributed by atoms with Crippen LogP contribution in [0.25, 0.3) is 0 Å². The Morgan fingerprint density at radius 3 is 1.53 bits per heavy atom. The molecule has 0 saturated carbocycles. The van der Waals surface area contributed by atoms with E-state index >= 15 is 0 Å². The van der Waals surface area contributed by atoms with Gasteiger partial charge in [0, 0.05) is 12.0 Å². The van der Waals surface area contributed by atoms with Crippen LogP contribution >= 0.6 is 7.26 Å². The van der Waals surface area contributed by atoms with E-state index in [1.807, 2.05) is 24.3 Å². The van der Waals surface area contributed by atoms with Crippen LogP contribution in [-0.4, -0.2) is 13.3 Å². The third-order valence-corrected chi connectivity index (χ3v) is 10.2. The Bertz CT molecular complexity index is 1060. The molecule has 0 bridgehead atoms. The van der Waals surface area contributed by atoms with Gasteiger partial charge in [0.15, 0.2) is 0 Å². The topological polar surface area (TPSA) is 9.23 Å². The predicted octanol–water partition coefficient (Wildman–Crippen LogP) is 5.82. The minimum absolute atomic E-state index is 0.860. The van der Waals surface area contributed by atoms with Crippen molar-refractivity contribution in [3.8, 4) is 17.6 Å². The Labute approximate surface area is 192 Å². The number of benzene rings is 4. The molecule has 0 aliphatic rings. The average molecular weight is 436 g/mol. The predicted molar refractivity (Wildman–Crippen MR) is 139 cm³/mol. The van der Waals surface area contributed by atoms with Crippen molar-refractivity contribution in [3.05, 3.63) is 121 Å². The van der Waals surface area contributed by atoms with E-state index in [1.54, 1.807) is 7.11 Å². The second-order valence-electron chi connectivity index (χ2n) is 7.67. The largest absolute Gasteiger partial charge is 0.497 e. The summed E-state index contributed by atoms with van der Waals surface area (Å²) in [4.78, 5) is 0. The van der Waals surface area contributed by atoms with Crippen LogP contribution in [0.2, 0.25) is 0 Å². The normalized spacial score (nSPS) is 10.8. The van der Waals surface area contributed by atoms with Crippen molar-refractivity contribution < 1.29 is 4.74 Å². The smallest absolute Gasteiger partial charge is 0.118 e. The van der Waals surface area contributed by atoms with Crippen molar-refractivity contribution >= 4 is 23.2 Å². The fraction of sp³-hybridized carbons (Fsp3) is 0.133. The molecule has 4 aromatic rings. The van der Waals surface area contributed by atoms with Gasteiger partial charge in [-0.1, -0.05) is 66.4 Å². The Morgan fingerprint density at radius 2 is 1.09 bits per heavy atom. The van der Waals surface area contributed by atoms with Crippen LogP contribution in [0.15, 0.2) is 115 Å². The molecule has 0 aliphatic heterocycles. The molecule has 0 amide bonds. The van der Waals surface area contributed by atoms with E-state index in [0.29, 0.717) is 0 Å². The highest BCUT2D eigenvalue weighted by Gasteiger charge is 2.44. The Hall–Kier alpha value is -3.33. The molecule has 4 rings (SSSR count). The third kappa shape index (κ3) is 4.94. The first-order chi connectivity index (χ1) is 15.8. The molecule has 0 N–H and O–H groups in total. The van der Waals surface area contributed by atoms with Crippen molar-refractivity contribution in [1.82, 2.24) is 0 Å². The zero-order valence-corrected chi connectivity index (χ0v) is 19.3. The molecule has 0 aliphatic carbocycles. The highest BCUT2D eigenvalue weighted by molar-refractivity contribution is 7.95. The van der Waals surface area contributed by atoms with Gasteiger partial charge in [-0.05, 0) is 67.1 Å². The zero-order chi connectivity index (χ0) is 22.1. The first-order valence-corrected chi connectivity index (χ1v) is 13.0. The second kappa shape index (κ2) is 10.8. The average Bonchev–Trinajstić information content (AvgIpc) is 2.88. The van der Waals surface area contributed by atoms with Gasteiger partial charge in [-0.2, -0.15) is 0 Å². The van der Waals surface area contributed by atoms with Gasteiger partial charge in [-0.15, -0.1) is 0 Å². The van der Waals surface area contributed by atoms with Gasteiger partial charge in [0.2, 0.25) is 0 Å². The minimum Gasteiger partial charge on any atom is -0.497 e. The van der Waals surface area contributed by atoms with Gasteiger partial charge in [0.05, 0.1) is 13.3 Å². The Balaban J connectivity index is 1.63. The van der Waals surface area contributed by atoms with Crippen molar-refractivity contribution in [3.63, 3.8) is 0 Å². The summed E-state index contributed by atoms with van der Waals surface area (Å²) in [5, 5.41) is 4.29. The summed E-state index contributed by atoms with van der Waals surface area (Å²) >= 11 is 0. The van der Waals surface area contributed by atoms with Gasteiger partial charge in [-0.3, -0.25) is 0 Å². The van der Waals surface area contributed by atoms with Gasteiger partial charge in [0.25, 0.3) is 0 Å². The molecule has 0 radical (unpaired) electrons. The van der Waals surface area contributed by atoms with Crippen LogP contribution in [0, 0.1) is 11.8 Å². The standard InChI is InChI=1S/C30H28OP/c1-31-27-23-21-26(22-24-27)14-6-5-13-25-32(28-15-7-2-8-16-28,29-17-9-3-10-18-29)30-19-11-4-12-20-30/h2-4,7-12,15-24H,5,13,25H2,1H3/q+1. The Kier molecular flexibility index (Phi) is 7.39. The Morgan fingerprint density at radius 1 is 0.625 bits per heavy atom. The summed E-state index contributed by atoms with van der Waals surface area (Å²) in [6.45, 7) is 0. The van der Waals surface area contributed by atoms with Crippen LogP contribution in [-0.2, 0) is 0 Å². The van der Waals surface area contributed by atoms with Gasteiger partial charge in [0.1, 0.15) is 28.9 Å². The van der Waals surface area contributed by atoms with Crippen LogP contribution in [0.4, 0.5) is 0 Å². The molecule has 32 heavy (non-hydrogen) atoms. The van der Waals surface area contributed by atoms with Crippen molar-refractivity contribution in [2.45, 2.75) is 12.8 Å². The van der Waals surface area contributed by atoms with Gasteiger partial charge >= 0.3 is 0 Å². The fourth-order valence-electron chi connectivity index (χ4n) is 4.13. The van der Waals surface area contributed by atoms with E-state index in [9.17, 15) is 0 Å². The highest BCUT2D eigenvalue weighted by atomic mass is 31.2. The number of hydrogen-bond donors (Lipinski definition) is 0. The van der Waals surface area contributed by atoms with E-state index in [-0.39, 0.29) is 0 Å². The summed E-state index contributed by atoms with van der Waals surface area (Å²) in [7, 11) is -0.0776. The molecule has 0 unspecified atom stereocenters. The van der Waals surface area contributed by atoms with E-state index in [4.69, 9.17) is 4.74 Å². The molecule has 4 aromatic carbocycles. The maximum absolute atomic E-state index is 5.23. The van der Waals surface area contributed by atoms with Crippen molar-refractivity contribution in [2.24, 2.45) is 0 Å². The van der Waals surface area contributed by atoms with Crippen LogP contribution in [0.3, 0.4) is 0 Å². The molecule has 1 nitrogen and oxygen atoms in total. The number of rotatable bonds is 7. The lowest BCUT2D eigenvalue weighted by molar-refractivity contribution is 0.415. The molecule has 0 aromatic heterocycles. The molecule has 0 fully saturated rings. The lowest BCUT2D eigenvalue weighted by Gasteiger charge is -2.27. The molecule has 0 atom stereocenters. The quantitative estimate of drug-likeness (QED) is 0.202. The first-order valence-electron chi connectivity index (χ1n) is 11.0. The van der Waals surface area contributed by atoms with E-state index in [2.05, 4.69) is 103 Å². The molecule has 2 heteroatoms. The highest BCUT2D eigenvalue weighted by Crippen LogP contribution is 2.55. The zero-order valence-electron chi connectivity index (χ0n) is 18.4. The molecular weight excluding hydrogens is 407 g/mol. The first kappa shape index (κ1) is 21.9. The van der Waals surface area contributed by atoms with Crippen LogP contribution in [0.1, 0.15) is 18.4 Å². The monoisotopic (exact) mass is 435 g/mol. The summed E-state index contributed by atoms with van der Waals surface area (Å²) in [6.07, 6.45) is 3.03. The number of methoxy groups -OCH3 is 1. The number of ether oxygens (including phenoxy) is 1. The molecule has 0 spiro atoms. The fourth-order valence-corrected chi connectivity index (χ4v) is 8.47. The summed E-state index contributed by atoms with van der Waals surface area (Å²) < 4.78 is 5.23. The van der Waals surface area contributed by atoms with Gasteiger partial charge < -0.3 is 4.74 Å². The molecule has 158 valence electrons. The van der Waals surface area contributed by atoms with Crippen molar-refractivity contribution in [2.75, 3.05) is 13.3 Å².